The highest BCUT2D eigenvalue weighted by Gasteiger charge is 2.27. The molecule has 1 aliphatic heterocycles. The van der Waals surface area contributed by atoms with Crippen LogP contribution >= 0.6 is 0 Å². The number of aromatic amines is 1. The number of aryl methyl sites for hydroxylation is 2. The van der Waals surface area contributed by atoms with Gasteiger partial charge < -0.3 is 15.0 Å². The summed E-state index contributed by atoms with van der Waals surface area (Å²) in [6, 6.07) is 6.37. The maximum atomic E-state index is 12.5. The second kappa shape index (κ2) is 6.43. The Morgan fingerprint density at radius 2 is 2.20 bits per heavy atom. The van der Waals surface area contributed by atoms with Gasteiger partial charge in [0.15, 0.2) is 0 Å². The maximum Gasteiger partial charge on any atom is 0.223 e. The summed E-state index contributed by atoms with van der Waals surface area (Å²) in [5.74, 6) is 1.16. The van der Waals surface area contributed by atoms with E-state index in [4.69, 9.17) is 4.74 Å². The number of ether oxygens (including phenoxy) is 1. The zero-order valence-electron chi connectivity index (χ0n) is 14.8. The number of carbonyl (C=O) groups excluding carboxylic acids is 1. The van der Waals surface area contributed by atoms with Crippen LogP contribution in [0.15, 0.2) is 41.7 Å². The molecule has 25 heavy (non-hydrogen) atoms. The summed E-state index contributed by atoms with van der Waals surface area (Å²) in [6.07, 6.45) is 6.55. The first-order valence-electron chi connectivity index (χ1n) is 9.00. The molecule has 4 heteroatoms. The Balaban J connectivity index is 1.39. The molecule has 1 aromatic carbocycles. The summed E-state index contributed by atoms with van der Waals surface area (Å²) < 4.78 is 5.51. The lowest BCUT2D eigenvalue weighted by Crippen LogP contribution is -2.33. The molecule has 2 aromatic rings. The summed E-state index contributed by atoms with van der Waals surface area (Å²) >= 11 is 0. The smallest absolute Gasteiger partial charge is 0.223 e. The molecule has 0 spiro atoms. The number of benzene rings is 1. The average Bonchev–Trinajstić information content (AvgIpc) is 3.20. The summed E-state index contributed by atoms with van der Waals surface area (Å²) in [5.41, 5.74) is 6.15. The van der Waals surface area contributed by atoms with Crippen LogP contribution in [0.5, 0.6) is 0 Å². The fourth-order valence-corrected chi connectivity index (χ4v) is 3.92. The van der Waals surface area contributed by atoms with E-state index in [1.807, 2.05) is 0 Å². The molecule has 1 aliphatic carbocycles. The fraction of sp³-hybridized carbons (Fsp3) is 0.381. The molecule has 4 nitrogen and oxygen atoms in total. The highest BCUT2D eigenvalue weighted by molar-refractivity contribution is 5.87. The van der Waals surface area contributed by atoms with Crippen LogP contribution in [0.25, 0.3) is 10.9 Å². The lowest BCUT2D eigenvalue weighted by atomic mass is 9.89. The van der Waals surface area contributed by atoms with Gasteiger partial charge in [-0.15, -0.1) is 0 Å². The Morgan fingerprint density at radius 1 is 1.32 bits per heavy atom. The predicted octanol–water partition coefficient (Wildman–Crippen LogP) is 3.69. The summed E-state index contributed by atoms with van der Waals surface area (Å²) in [4.78, 5) is 16.0. The highest BCUT2D eigenvalue weighted by atomic mass is 16.5. The first-order valence-corrected chi connectivity index (χ1v) is 9.00. The van der Waals surface area contributed by atoms with Crippen molar-refractivity contribution < 1.29 is 9.53 Å². The molecule has 1 amide bonds. The molecule has 0 radical (unpaired) electrons. The molecule has 0 saturated carbocycles. The zero-order chi connectivity index (χ0) is 17.4. The van der Waals surface area contributed by atoms with Gasteiger partial charge in [-0.1, -0.05) is 18.2 Å². The van der Waals surface area contributed by atoms with E-state index < -0.39 is 0 Å². The highest BCUT2D eigenvalue weighted by Crippen LogP contribution is 2.32. The van der Waals surface area contributed by atoms with Crippen molar-refractivity contribution in [2.24, 2.45) is 5.92 Å². The van der Waals surface area contributed by atoms with Gasteiger partial charge in [0, 0.05) is 29.1 Å². The second-order valence-electron chi connectivity index (χ2n) is 7.01. The number of hydrogen-bond donors (Lipinski definition) is 2. The SMILES string of the molecule is Cc1[nH]c2c(C)cccc2c1CCNC(=O)C1CC=C2OCC=C2C1. The molecule has 0 bridgehead atoms. The largest absolute Gasteiger partial charge is 0.490 e. The van der Waals surface area contributed by atoms with Gasteiger partial charge in [0.05, 0.1) is 0 Å². The van der Waals surface area contributed by atoms with Crippen molar-refractivity contribution in [3.8, 4) is 0 Å². The van der Waals surface area contributed by atoms with E-state index in [1.165, 1.54) is 33.3 Å². The zero-order valence-corrected chi connectivity index (χ0v) is 14.8. The number of rotatable bonds is 4. The summed E-state index contributed by atoms with van der Waals surface area (Å²) in [5, 5.41) is 4.40. The van der Waals surface area contributed by atoms with Crippen molar-refractivity contribution >= 4 is 16.8 Å². The molecule has 130 valence electrons. The third-order valence-corrected chi connectivity index (χ3v) is 5.35. The average molecular weight is 336 g/mol. The quantitative estimate of drug-likeness (QED) is 0.894. The van der Waals surface area contributed by atoms with Crippen LogP contribution in [0.2, 0.25) is 0 Å². The monoisotopic (exact) mass is 336 g/mol. The van der Waals surface area contributed by atoms with Crippen LogP contribution in [-0.2, 0) is 16.0 Å². The van der Waals surface area contributed by atoms with E-state index in [-0.39, 0.29) is 11.8 Å². The standard InChI is InChI=1S/C21H24N2O2/c1-13-4-3-5-18-17(14(2)23-20(13)18)8-10-22-21(24)16-6-7-19-15(12-16)9-11-25-19/h3-5,7,9,16,23H,6,8,10-12H2,1-2H3,(H,22,24). The molecule has 4 rings (SSSR count). The van der Waals surface area contributed by atoms with Gasteiger partial charge >= 0.3 is 0 Å². The molecule has 2 aliphatic rings. The molecular weight excluding hydrogens is 312 g/mol. The summed E-state index contributed by atoms with van der Waals surface area (Å²) in [6.45, 7) is 5.55. The van der Waals surface area contributed by atoms with Gasteiger partial charge in [0.2, 0.25) is 5.91 Å². The summed E-state index contributed by atoms with van der Waals surface area (Å²) in [7, 11) is 0. The number of aromatic nitrogens is 1. The fourth-order valence-electron chi connectivity index (χ4n) is 3.92. The van der Waals surface area contributed by atoms with Crippen LogP contribution in [0.4, 0.5) is 0 Å². The molecule has 1 atom stereocenters. The normalized spacial score (nSPS) is 19.2. The number of carbonyl (C=O) groups is 1. The minimum absolute atomic E-state index is 0.0306. The van der Waals surface area contributed by atoms with Crippen molar-refractivity contribution in [2.75, 3.05) is 13.2 Å². The first-order chi connectivity index (χ1) is 12.1. The van der Waals surface area contributed by atoms with Crippen LogP contribution < -0.4 is 5.32 Å². The van der Waals surface area contributed by atoms with E-state index in [1.54, 1.807) is 0 Å². The Morgan fingerprint density at radius 3 is 3.08 bits per heavy atom. The van der Waals surface area contributed by atoms with E-state index in [0.29, 0.717) is 13.2 Å². The number of amides is 1. The van der Waals surface area contributed by atoms with Crippen molar-refractivity contribution in [1.29, 1.82) is 0 Å². The lowest BCUT2D eigenvalue weighted by molar-refractivity contribution is -0.124. The van der Waals surface area contributed by atoms with Gasteiger partial charge in [-0.3, -0.25) is 4.79 Å². The Bertz CT molecular complexity index is 889. The Labute approximate surface area is 148 Å². The third-order valence-electron chi connectivity index (χ3n) is 5.35. The topological polar surface area (TPSA) is 54.1 Å². The van der Waals surface area contributed by atoms with Crippen molar-refractivity contribution in [2.45, 2.75) is 33.1 Å². The Hall–Kier alpha value is -2.49. The first kappa shape index (κ1) is 16.0. The van der Waals surface area contributed by atoms with E-state index >= 15 is 0 Å². The number of para-hydroxylation sites is 1. The number of nitrogens with one attached hydrogen (secondary N) is 2. The maximum absolute atomic E-state index is 12.5. The number of fused-ring (bicyclic) bond motifs is 2. The second-order valence-corrected chi connectivity index (χ2v) is 7.01. The van der Waals surface area contributed by atoms with Crippen LogP contribution in [0.1, 0.15) is 29.7 Å². The van der Waals surface area contributed by atoms with Crippen molar-refractivity contribution in [1.82, 2.24) is 10.3 Å². The minimum atomic E-state index is 0.0306. The molecule has 1 aromatic heterocycles. The molecule has 0 saturated heterocycles. The lowest BCUT2D eigenvalue weighted by Gasteiger charge is -2.20. The van der Waals surface area contributed by atoms with Gasteiger partial charge in [0.1, 0.15) is 12.4 Å². The third kappa shape index (κ3) is 2.97. The van der Waals surface area contributed by atoms with Gasteiger partial charge in [-0.25, -0.2) is 0 Å². The van der Waals surface area contributed by atoms with Crippen LogP contribution in [-0.4, -0.2) is 24.0 Å². The van der Waals surface area contributed by atoms with Crippen molar-refractivity contribution in [3.63, 3.8) is 0 Å². The Kier molecular flexibility index (Phi) is 4.12. The molecular formula is C21H24N2O2. The van der Waals surface area contributed by atoms with E-state index in [2.05, 4.69) is 54.5 Å². The van der Waals surface area contributed by atoms with Gasteiger partial charge in [-0.05, 0) is 62.0 Å². The van der Waals surface area contributed by atoms with Gasteiger partial charge in [-0.2, -0.15) is 0 Å². The van der Waals surface area contributed by atoms with E-state index in [0.717, 1.165) is 25.0 Å². The molecule has 0 fully saturated rings. The van der Waals surface area contributed by atoms with Gasteiger partial charge in [0.25, 0.3) is 0 Å². The van der Waals surface area contributed by atoms with Crippen LogP contribution in [0.3, 0.4) is 0 Å². The predicted molar refractivity (Wildman–Crippen MR) is 99.3 cm³/mol. The molecule has 2 N–H and O–H groups in total. The minimum Gasteiger partial charge on any atom is -0.490 e. The number of allylic oxidation sites excluding steroid dienone is 2. The van der Waals surface area contributed by atoms with Crippen molar-refractivity contribution in [3.05, 3.63) is 58.5 Å². The molecule has 1 unspecified atom stereocenters. The van der Waals surface area contributed by atoms with E-state index in [9.17, 15) is 4.79 Å². The molecule has 2 heterocycles. The van der Waals surface area contributed by atoms with Crippen LogP contribution in [0, 0.1) is 19.8 Å². The number of H-pyrrole nitrogens is 1. The number of hydrogen-bond acceptors (Lipinski definition) is 2.